The molecule has 0 bridgehead atoms. The molecule has 0 atom stereocenters. The minimum Gasteiger partial charge on any atom is -0.496 e. The highest BCUT2D eigenvalue weighted by Gasteiger charge is 2.12. The molecule has 0 amide bonds. The van der Waals surface area contributed by atoms with Gasteiger partial charge in [-0.15, -0.1) is 0 Å². The number of ether oxygens (including phenoxy) is 1. The van der Waals surface area contributed by atoms with Gasteiger partial charge in [0.1, 0.15) is 5.75 Å². The summed E-state index contributed by atoms with van der Waals surface area (Å²) >= 11 is 0. The van der Waals surface area contributed by atoms with E-state index in [0.29, 0.717) is 6.54 Å². The summed E-state index contributed by atoms with van der Waals surface area (Å²) in [6.45, 7) is 6.64. The van der Waals surface area contributed by atoms with Gasteiger partial charge in [-0.05, 0) is 49.1 Å². The second-order valence-electron chi connectivity index (χ2n) is 4.57. The minimum atomic E-state index is -0.272. The van der Waals surface area contributed by atoms with E-state index < -0.39 is 0 Å². The lowest BCUT2D eigenvalue weighted by Crippen LogP contribution is -2.35. The molecule has 18 heavy (non-hydrogen) atoms. The Morgan fingerprint density at radius 1 is 1.17 bits per heavy atom. The lowest BCUT2D eigenvalue weighted by molar-refractivity contribution is 0.170. The minimum absolute atomic E-state index is 0.0657. The second-order valence-corrected chi connectivity index (χ2v) is 4.57. The lowest BCUT2D eigenvalue weighted by atomic mass is 9.97. The Morgan fingerprint density at radius 3 is 2.28 bits per heavy atom. The standard InChI is InChI=1S/C14H23NO3/c1-9-5-14(18-4)11(3)10(2)13(9)6-15-12(7-16)8-17/h5,12,15-17H,6-8H2,1-4H3. The molecule has 0 saturated carbocycles. The highest BCUT2D eigenvalue weighted by Crippen LogP contribution is 2.27. The molecule has 0 aliphatic heterocycles. The topological polar surface area (TPSA) is 61.7 Å². The first-order valence-corrected chi connectivity index (χ1v) is 6.13. The average Bonchev–Trinajstić information content (AvgIpc) is 2.38. The molecule has 3 N–H and O–H groups in total. The summed E-state index contributed by atoms with van der Waals surface area (Å²) in [7, 11) is 1.67. The maximum Gasteiger partial charge on any atom is 0.122 e. The van der Waals surface area contributed by atoms with Crippen molar-refractivity contribution in [1.29, 1.82) is 0 Å². The van der Waals surface area contributed by atoms with Crippen LogP contribution in [-0.4, -0.2) is 36.6 Å². The van der Waals surface area contributed by atoms with Crippen LogP contribution < -0.4 is 10.1 Å². The molecule has 0 aliphatic rings. The summed E-state index contributed by atoms with van der Waals surface area (Å²) in [6, 6.07) is 1.75. The molecule has 1 aromatic carbocycles. The Hall–Kier alpha value is -1.10. The second kappa shape index (κ2) is 6.73. The summed E-state index contributed by atoms with van der Waals surface area (Å²) in [6.07, 6.45) is 0. The maximum absolute atomic E-state index is 9.04. The summed E-state index contributed by atoms with van der Waals surface area (Å²) in [4.78, 5) is 0. The largest absolute Gasteiger partial charge is 0.496 e. The first-order chi connectivity index (χ1) is 8.54. The first-order valence-electron chi connectivity index (χ1n) is 6.13. The number of methoxy groups -OCH3 is 1. The predicted octanol–water partition coefficient (Wildman–Crippen LogP) is 1.06. The fourth-order valence-corrected chi connectivity index (χ4v) is 2.02. The van der Waals surface area contributed by atoms with Crippen molar-refractivity contribution >= 4 is 0 Å². The van der Waals surface area contributed by atoms with Gasteiger partial charge in [0.2, 0.25) is 0 Å². The molecular weight excluding hydrogens is 230 g/mol. The van der Waals surface area contributed by atoms with Crippen LogP contribution in [-0.2, 0) is 6.54 Å². The van der Waals surface area contributed by atoms with Gasteiger partial charge in [0.25, 0.3) is 0 Å². The first kappa shape index (κ1) is 15.0. The number of nitrogens with one attached hydrogen (secondary N) is 1. The van der Waals surface area contributed by atoms with E-state index in [4.69, 9.17) is 14.9 Å². The van der Waals surface area contributed by atoms with Gasteiger partial charge in [-0.3, -0.25) is 0 Å². The Balaban J connectivity index is 2.92. The van der Waals surface area contributed by atoms with Crippen LogP contribution in [0.3, 0.4) is 0 Å². The monoisotopic (exact) mass is 253 g/mol. The van der Waals surface area contributed by atoms with Crippen LogP contribution in [0.25, 0.3) is 0 Å². The fraction of sp³-hybridized carbons (Fsp3) is 0.571. The van der Waals surface area contributed by atoms with Crippen molar-refractivity contribution in [2.24, 2.45) is 0 Å². The van der Waals surface area contributed by atoms with Crippen LogP contribution in [0.1, 0.15) is 22.3 Å². The van der Waals surface area contributed by atoms with E-state index in [1.807, 2.05) is 19.9 Å². The molecule has 0 fully saturated rings. The third-order valence-corrected chi connectivity index (χ3v) is 3.44. The van der Waals surface area contributed by atoms with Crippen molar-refractivity contribution in [3.63, 3.8) is 0 Å². The summed E-state index contributed by atoms with van der Waals surface area (Å²) in [5, 5.41) is 21.2. The quantitative estimate of drug-likeness (QED) is 0.709. The number of aryl methyl sites for hydroxylation is 1. The zero-order valence-corrected chi connectivity index (χ0v) is 11.6. The van der Waals surface area contributed by atoms with Gasteiger partial charge in [0.05, 0.1) is 26.4 Å². The summed E-state index contributed by atoms with van der Waals surface area (Å²) in [5.41, 5.74) is 4.66. The van der Waals surface area contributed by atoms with Gasteiger partial charge in [0.15, 0.2) is 0 Å². The van der Waals surface area contributed by atoms with Gasteiger partial charge in [0, 0.05) is 6.54 Å². The molecule has 1 rings (SSSR count). The smallest absolute Gasteiger partial charge is 0.122 e. The molecule has 0 unspecified atom stereocenters. The predicted molar refractivity (Wildman–Crippen MR) is 72.0 cm³/mol. The number of aliphatic hydroxyl groups excluding tert-OH is 2. The van der Waals surface area contributed by atoms with E-state index in [1.165, 1.54) is 11.1 Å². The third-order valence-electron chi connectivity index (χ3n) is 3.44. The molecule has 0 spiro atoms. The molecule has 0 saturated heterocycles. The SMILES string of the molecule is COc1cc(C)c(CNC(CO)CO)c(C)c1C. The van der Waals surface area contributed by atoms with E-state index in [0.717, 1.165) is 16.9 Å². The van der Waals surface area contributed by atoms with Crippen molar-refractivity contribution in [1.82, 2.24) is 5.32 Å². The zero-order chi connectivity index (χ0) is 13.7. The van der Waals surface area contributed by atoms with Crippen LogP contribution >= 0.6 is 0 Å². The normalized spacial score (nSPS) is 11.1. The molecule has 102 valence electrons. The Labute approximate surface area is 109 Å². The highest BCUT2D eigenvalue weighted by molar-refractivity contribution is 5.48. The van der Waals surface area contributed by atoms with Crippen LogP contribution in [0.5, 0.6) is 5.75 Å². The van der Waals surface area contributed by atoms with E-state index in [9.17, 15) is 0 Å². The number of hydrogen-bond donors (Lipinski definition) is 3. The maximum atomic E-state index is 9.04. The fourth-order valence-electron chi connectivity index (χ4n) is 2.02. The van der Waals surface area contributed by atoms with Crippen LogP contribution in [0, 0.1) is 20.8 Å². The molecule has 0 radical (unpaired) electrons. The summed E-state index contributed by atoms with van der Waals surface area (Å²) in [5.74, 6) is 0.898. The van der Waals surface area contributed by atoms with Gasteiger partial charge in [-0.2, -0.15) is 0 Å². The van der Waals surface area contributed by atoms with Crippen LogP contribution in [0.15, 0.2) is 6.07 Å². The van der Waals surface area contributed by atoms with Gasteiger partial charge in [-0.25, -0.2) is 0 Å². The average molecular weight is 253 g/mol. The Kier molecular flexibility index (Phi) is 5.59. The summed E-state index contributed by atoms with van der Waals surface area (Å²) < 4.78 is 5.33. The number of aliphatic hydroxyl groups is 2. The van der Waals surface area contributed by atoms with E-state index in [2.05, 4.69) is 12.2 Å². The third kappa shape index (κ3) is 3.22. The van der Waals surface area contributed by atoms with E-state index in [1.54, 1.807) is 7.11 Å². The lowest BCUT2D eigenvalue weighted by Gasteiger charge is -2.19. The van der Waals surface area contributed by atoms with E-state index >= 15 is 0 Å². The number of rotatable bonds is 6. The van der Waals surface area contributed by atoms with Gasteiger partial charge in [-0.1, -0.05) is 0 Å². The Morgan fingerprint density at radius 2 is 1.78 bits per heavy atom. The molecule has 0 aromatic heterocycles. The number of hydrogen-bond acceptors (Lipinski definition) is 4. The van der Waals surface area contributed by atoms with Crippen LogP contribution in [0.2, 0.25) is 0 Å². The Bertz CT molecular complexity index is 401. The van der Waals surface area contributed by atoms with Gasteiger partial charge < -0.3 is 20.3 Å². The van der Waals surface area contributed by atoms with Crippen molar-refractivity contribution in [3.8, 4) is 5.75 Å². The molecule has 4 heteroatoms. The molecule has 0 heterocycles. The van der Waals surface area contributed by atoms with Gasteiger partial charge >= 0.3 is 0 Å². The molecule has 1 aromatic rings. The molecular formula is C14H23NO3. The van der Waals surface area contributed by atoms with Crippen molar-refractivity contribution < 1.29 is 14.9 Å². The molecule has 4 nitrogen and oxygen atoms in total. The van der Waals surface area contributed by atoms with Crippen molar-refractivity contribution in [2.45, 2.75) is 33.4 Å². The highest BCUT2D eigenvalue weighted by atomic mass is 16.5. The van der Waals surface area contributed by atoms with E-state index in [-0.39, 0.29) is 19.3 Å². The number of benzene rings is 1. The van der Waals surface area contributed by atoms with Crippen molar-refractivity contribution in [2.75, 3.05) is 20.3 Å². The van der Waals surface area contributed by atoms with Crippen LogP contribution in [0.4, 0.5) is 0 Å². The van der Waals surface area contributed by atoms with Crippen molar-refractivity contribution in [3.05, 3.63) is 28.3 Å². The zero-order valence-electron chi connectivity index (χ0n) is 11.6. The molecule has 0 aliphatic carbocycles.